The van der Waals surface area contributed by atoms with E-state index in [1.807, 2.05) is 0 Å². The Hall–Kier alpha value is -2.11. The van der Waals surface area contributed by atoms with Crippen LogP contribution in [0.15, 0.2) is 24.3 Å². The summed E-state index contributed by atoms with van der Waals surface area (Å²) in [6, 6.07) is 0. The first-order valence-electron chi connectivity index (χ1n) is 18.8. The Morgan fingerprint density at radius 2 is 0.889 bits per heavy atom. The van der Waals surface area contributed by atoms with Crippen LogP contribution in [0, 0.1) is 0 Å². The maximum absolute atomic E-state index is 12.4. The molecule has 0 aliphatic rings. The molecule has 1 unspecified atom stereocenters. The van der Waals surface area contributed by atoms with Crippen molar-refractivity contribution in [1.82, 2.24) is 0 Å². The molecule has 1 atom stereocenters. The Bertz CT molecular complexity index is 744. The smallest absolute Gasteiger partial charge is 0.306 e. The fraction of sp³-hybridized carbons (Fsp3) is 0.821. The molecule has 0 aliphatic heterocycles. The van der Waals surface area contributed by atoms with Crippen LogP contribution in [0.5, 0.6) is 0 Å². The van der Waals surface area contributed by atoms with Crippen molar-refractivity contribution in [2.45, 2.75) is 194 Å². The van der Waals surface area contributed by atoms with Gasteiger partial charge in [-0.25, -0.2) is 0 Å². The molecular formula is C39H70O6. The van der Waals surface area contributed by atoms with Crippen molar-refractivity contribution in [2.75, 3.05) is 13.2 Å². The molecule has 0 amide bonds. The quantitative estimate of drug-likeness (QED) is 0.0309. The van der Waals surface area contributed by atoms with Crippen LogP contribution < -0.4 is 0 Å². The molecule has 0 N–H and O–H groups in total. The molecular weight excluding hydrogens is 564 g/mol. The van der Waals surface area contributed by atoms with Crippen LogP contribution in [-0.4, -0.2) is 37.2 Å². The van der Waals surface area contributed by atoms with E-state index in [9.17, 15) is 14.4 Å². The monoisotopic (exact) mass is 635 g/mol. The van der Waals surface area contributed by atoms with Gasteiger partial charge in [0.2, 0.25) is 0 Å². The van der Waals surface area contributed by atoms with Gasteiger partial charge in [-0.2, -0.15) is 0 Å². The Morgan fingerprint density at radius 3 is 1.40 bits per heavy atom. The second-order valence-corrected chi connectivity index (χ2v) is 12.6. The maximum Gasteiger partial charge on any atom is 0.306 e. The van der Waals surface area contributed by atoms with Crippen molar-refractivity contribution >= 4 is 17.9 Å². The third-order valence-corrected chi connectivity index (χ3v) is 8.02. The highest BCUT2D eigenvalue weighted by atomic mass is 16.6. The summed E-state index contributed by atoms with van der Waals surface area (Å²) < 4.78 is 15.9. The summed E-state index contributed by atoms with van der Waals surface area (Å²) in [6.07, 6.45) is 37.6. The highest BCUT2D eigenvalue weighted by Gasteiger charge is 2.18. The molecule has 0 aromatic rings. The van der Waals surface area contributed by atoms with Gasteiger partial charge in [-0.3, -0.25) is 14.4 Å². The van der Waals surface area contributed by atoms with E-state index in [0.717, 1.165) is 57.8 Å². The Balaban J connectivity index is 3.88. The van der Waals surface area contributed by atoms with Gasteiger partial charge in [-0.15, -0.1) is 0 Å². The molecule has 45 heavy (non-hydrogen) atoms. The van der Waals surface area contributed by atoms with Gasteiger partial charge < -0.3 is 14.2 Å². The molecule has 0 aliphatic carbocycles. The summed E-state index contributed by atoms with van der Waals surface area (Å²) in [6.45, 7) is 5.61. The Labute approximate surface area is 277 Å². The molecule has 0 heterocycles. The van der Waals surface area contributed by atoms with Crippen molar-refractivity contribution < 1.29 is 28.6 Å². The fourth-order valence-corrected chi connectivity index (χ4v) is 5.20. The minimum Gasteiger partial charge on any atom is -0.462 e. The number of carbonyl (C=O) groups excluding carboxylic acids is 3. The van der Waals surface area contributed by atoms with E-state index in [1.54, 1.807) is 0 Å². The van der Waals surface area contributed by atoms with Crippen LogP contribution in [-0.2, 0) is 28.6 Å². The van der Waals surface area contributed by atoms with Crippen LogP contribution in [0.4, 0.5) is 0 Å². The van der Waals surface area contributed by atoms with Crippen LogP contribution in [0.1, 0.15) is 188 Å². The molecule has 6 nitrogen and oxygen atoms in total. The zero-order valence-electron chi connectivity index (χ0n) is 29.6. The second-order valence-electron chi connectivity index (χ2n) is 12.6. The van der Waals surface area contributed by atoms with E-state index in [0.29, 0.717) is 12.8 Å². The van der Waals surface area contributed by atoms with E-state index in [-0.39, 0.29) is 25.2 Å². The van der Waals surface area contributed by atoms with E-state index in [1.165, 1.54) is 103 Å². The molecule has 0 rings (SSSR count). The van der Waals surface area contributed by atoms with Gasteiger partial charge in [-0.05, 0) is 44.9 Å². The molecule has 6 heteroatoms. The highest BCUT2D eigenvalue weighted by Crippen LogP contribution is 2.14. The first kappa shape index (κ1) is 42.9. The second kappa shape index (κ2) is 34.8. The van der Waals surface area contributed by atoms with Gasteiger partial charge in [0.25, 0.3) is 0 Å². The minimum atomic E-state index is -0.767. The summed E-state index contributed by atoms with van der Waals surface area (Å²) in [5.41, 5.74) is 0. The van der Waals surface area contributed by atoms with E-state index in [2.05, 4.69) is 38.2 Å². The van der Waals surface area contributed by atoms with Crippen LogP contribution in [0.2, 0.25) is 0 Å². The molecule has 0 fully saturated rings. The number of allylic oxidation sites excluding steroid dienone is 4. The van der Waals surface area contributed by atoms with Gasteiger partial charge >= 0.3 is 17.9 Å². The highest BCUT2D eigenvalue weighted by molar-refractivity contribution is 5.70. The molecule has 0 bridgehead atoms. The summed E-state index contributed by atoms with van der Waals surface area (Å²) in [5, 5.41) is 0. The Morgan fingerprint density at radius 1 is 0.489 bits per heavy atom. The number of unbranched alkanes of at least 4 members (excludes halogenated alkanes) is 20. The first-order valence-corrected chi connectivity index (χ1v) is 18.8. The number of ether oxygens (including phenoxy) is 3. The van der Waals surface area contributed by atoms with Crippen molar-refractivity contribution in [3.05, 3.63) is 24.3 Å². The topological polar surface area (TPSA) is 78.9 Å². The summed E-state index contributed by atoms with van der Waals surface area (Å²) in [7, 11) is 0. The number of esters is 3. The van der Waals surface area contributed by atoms with Crippen LogP contribution in [0.25, 0.3) is 0 Å². The lowest BCUT2D eigenvalue weighted by Gasteiger charge is -2.18. The van der Waals surface area contributed by atoms with E-state index >= 15 is 0 Å². The molecule has 0 aromatic heterocycles. The van der Waals surface area contributed by atoms with Crippen molar-refractivity contribution in [3.63, 3.8) is 0 Å². The zero-order chi connectivity index (χ0) is 33.1. The largest absolute Gasteiger partial charge is 0.462 e. The first-order chi connectivity index (χ1) is 22.0. The average molecular weight is 635 g/mol. The standard InChI is InChI=1S/C39H70O6/c1-4-6-8-10-12-14-16-18-19-21-22-24-26-28-30-32-38(41)44-35-37(34-43-36(3)40)45-39(42)33-31-29-27-25-23-20-17-15-13-11-9-7-5-2/h12,14,18-19,37H,4-11,13,15-17,20-35H2,1-3H3/b14-12-,19-18-. The normalized spacial score (nSPS) is 12.2. The zero-order valence-corrected chi connectivity index (χ0v) is 29.6. The van der Waals surface area contributed by atoms with Crippen molar-refractivity contribution in [2.24, 2.45) is 0 Å². The van der Waals surface area contributed by atoms with Crippen molar-refractivity contribution in [3.8, 4) is 0 Å². The Kier molecular flexibility index (Phi) is 33.1. The molecule has 0 radical (unpaired) electrons. The molecule has 0 aromatic carbocycles. The van der Waals surface area contributed by atoms with Crippen molar-refractivity contribution in [1.29, 1.82) is 0 Å². The van der Waals surface area contributed by atoms with Gasteiger partial charge in [-0.1, -0.05) is 147 Å². The van der Waals surface area contributed by atoms with Gasteiger partial charge in [0.05, 0.1) is 0 Å². The van der Waals surface area contributed by atoms with E-state index < -0.39 is 12.1 Å². The lowest BCUT2D eigenvalue weighted by molar-refractivity contribution is -0.166. The minimum absolute atomic E-state index is 0.0866. The van der Waals surface area contributed by atoms with Crippen LogP contribution >= 0.6 is 0 Å². The predicted octanol–water partition coefficient (Wildman–Crippen LogP) is 11.3. The molecule has 0 saturated heterocycles. The number of carbonyl (C=O) groups is 3. The lowest BCUT2D eigenvalue weighted by Crippen LogP contribution is -2.30. The molecule has 262 valence electrons. The third kappa shape index (κ3) is 34.6. The molecule has 0 saturated carbocycles. The third-order valence-electron chi connectivity index (χ3n) is 8.02. The summed E-state index contributed by atoms with van der Waals surface area (Å²) >= 11 is 0. The predicted molar refractivity (Wildman–Crippen MR) is 187 cm³/mol. The summed E-state index contributed by atoms with van der Waals surface area (Å²) in [5.74, 6) is -1.09. The average Bonchev–Trinajstić information content (AvgIpc) is 3.02. The molecule has 0 spiro atoms. The number of rotatable bonds is 33. The summed E-state index contributed by atoms with van der Waals surface area (Å²) in [4.78, 5) is 35.9. The maximum atomic E-state index is 12.4. The fourth-order valence-electron chi connectivity index (χ4n) is 5.20. The van der Waals surface area contributed by atoms with Gasteiger partial charge in [0.1, 0.15) is 13.2 Å². The van der Waals surface area contributed by atoms with E-state index in [4.69, 9.17) is 14.2 Å². The van der Waals surface area contributed by atoms with Gasteiger partial charge in [0, 0.05) is 19.8 Å². The van der Waals surface area contributed by atoms with Gasteiger partial charge in [0.15, 0.2) is 6.10 Å². The lowest BCUT2D eigenvalue weighted by atomic mass is 10.0. The number of hydrogen-bond acceptors (Lipinski definition) is 6. The SMILES string of the molecule is CCCCC/C=C\C/C=C\CCCCCCCC(=O)OCC(COC(C)=O)OC(=O)CCCCCCCCCCCCCCC. The number of hydrogen-bond donors (Lipinski definition) is 0. The van der Waals surface area contributed by atoms with Crippen LogP contribution in [0.3, 0.4) is 0 Å².